The molecule has 1 aliphatic heterocycles. The van der Waals surface area contributed by atoms with E-state index in [0.717, 1.165) is 24.2 Å². The van der Waals surface area contributed by atoms with Crippen LogP contribution in [0, 0.1) is 11.8 Å². The van der Waals surface area contributed by atoms with Crippen LogP contribution in [0.5, 0.6) is 5.75 Å². The van der Waals surface area contributed by atoms with Crippen molar-refractivity contribution in [2.75, 3.05) is 20.3 Å². The first-order valence-corrected chi connectivity index (χ1v) is 15.7. The van der Waals surface area contributed by atoms with Gasteiger partial charge in [0.25, 0.3) is 0 Å². The molecule has 1 saturated heterocycles. The molecule has 0 aliphatic carbocycles. The summed E-state index contributed by atoms with van der Waals surface area (Å²) in [5.41, 5.74) is 0.984. The first kappa shape index (κ1) is 29.3. The molecule has 1 aromatic rings. The Morgan fingerprint density at radius 1 is 1.09 bits per heavy atom. The molecule has 0 spiro atoms. The van der Waals surface area contributed by atoms with Crippen molar-refractivity contribution in [3.8, 4) is 5.75 Å². The Kier molecular flexibility index (Phi) is 11.0. The van der Waals surface area contributed by atoms with Crippen molar-refractivity contribution in [1.82, 2.24) is 0 Å². The fraction of sp³-hybridized carbons (Fsp3) is 0.778. The van der Waals surface area contributed by atoms with Crippen LogP contribution in [0.1, 0.15) is 72.2 Å². The Balaban J connectivity index is 1.85. The Bertz CT molecular complexity index is 717. The maximum atomic E-state index is 10.6. The molecule has 6 nitrogen and oxygen atoms in total. The SMILES string of the molecule is CC[C@@H]1COC(c2ccc(OC)cc2)O[C@@H]1[C@H](C)CC[C@@H](O)C[C@H](O)CO[Si](C)(C)C(C)(C)C. The lowest BCUT2D eigenvalue weighted by Crippen LogP contribution is -2.43. The predicted molar refractivity (Wildman–Crippen MR) is 139 cm³/mol. The Labute approximate surface area is 208 Å². The summed E-state index contributed by atoms with van der Waals surface area (Å²) in [6.07, 6.45) is 1.23. The van der Waals surface area contributed by atoms with Crippen LogP contribution >= 0.6 is 0 Å². The predicted octanol–water partition coefficient (Wildman–Crippen LogP) is 5.69. The van der Waals surface area contributed by atoms with Gasteiger partial charge in [-0.1, -0.05) is 46.8 Å². The first-order valence-electron chi connectivity index (χ1n) is 12.8. The molecule has 34 heavy (non-hydrogen) atoms. The number of ether oxygens (including phenoxy) is 3. The van der Waals surface area contributed by atoms with E-state index in [4.69, 9.17) is 18.6 Å². The molecule has 1 fully saturated rings. The second kappa shape index (κ2) is 12.8. The molecule has 1 heterocycles. The van der Waals surface area contributed by atoms with Gasteiger partial charge in [-0.2, -0.15) is 0 Å². The smallest absolute Gasteiger partial charge is 0.192 e. The molecule has 7 heteroatoms. The third-order valence-electron chi connectivity index (χ3n) is 7.62. The number of methoxy groups -OCH3 is 1. The number of aliphatic hydroxyl groups is 2. The zero-order valence-electron chi connectivity index (χ0n) is 22.5. The van der Waals surface area contributed by atoms with Gasteiger partial charge in [-0.25, -0.2) is 0 Å². The number of benzene rings is 1. The lowest BCUT2D eigenvalue weighted by molar-refractivity contribution is -0.253. The summed E-state index contributed by atoms with van der Waals surface area (Å²) in [6.45, 7) is 16.2. The fourth-order valence-corrected chi connectivity index (χ4v) is 5.17. The van der Waals surface area contributed by atoms with Crippen LogP contribution in [0.4, 0.5) is 0 Å². The normalized spacial score (nSPS) is 24.5. The topological polar surface area (TPSA) is 77.4 Å². The Morgan fingerprint density at radius 3 is 2.29 bits per heavy atom. The Hall–Kier alpha value is -0.963. The molecule has 1 aliphatic rings. The summed E-state index contributed by atoms with van der Waals surface area (Å²) in [5.74, 6) is 1.40. The third kappa shape index (κ3) is 8.31. The van der Waals surface area contributed by atoms with Crippen molar-refractivity contribution in [3.05, 3.63) is 29.8 Å². The zero-order chi connectivity index (χ0) is 25.5. The minimum absolute atomic E-state index is 0.0601. The lowest BCUT2D eigenvalue weighted by atomic mass is 9.86. The van der Waals surface area contributed by atoms with Gasteiger partial charge in [0.2, 0.25) is 0 Å². The molecule has 0 aromatic heterocycles. The van der Waals surface area contributed by atoms with Gasteiger partial charge in [0.15, 0.2) is 14.6 Å². The van der Waals surface area contributed by atoms with Gasteiger partial charge in [-0.15, -0.1) is 0 Å². The van der Waals surface area contributed by atoms with Crippen LogP contribution in [0.2, 0.25) is 18.1 Å². The quantitative estimate of drug-likeness (QED) is 0.362. The summed E-state index contributed by atoms with van der Waals surface area (Å²) in [6, 6.07) is 7.80. The van der Waals surface area contributed by atoms with Crippen LogP contribution in [0.15, 0.2) is 24.3 Å². The highest BCUT2D eigenvalue weighted by molar-refractivity contribution is 6.74. The highest BCUT2D eigenvalue weighted by atomic mass is 28.4. The second-order valence-corrected chi connectivity index (χ2v) is 16.2. The summed E-state index contributed by atoms with van der Waals surface area (Å²) in [4.78, 5) is 0. The van der Waals surface area contributed by atoms with Crippen molar-refractivity contribution in [3.63, 3.8) is 0 Å². The van der Waals surface area contributed by atoms with Gasteiger partial charge in [-0.3, -0.25) is 0 Å². The lowest BCUT2D eigenvalue weighted by Gasteiger charge is -2.40. The van der Waals surface area contributed by atoms with Crippen molar-refractivity contribution in [2.24, 2.45) is 11.8 Å². The van der Waals surface area contributed by atoms with E-state index in [9.17, 15) is 10.2 Å². The van der Waals surface area contributed by atoms with E-state index in [0.29, 0.717) is 25.4 Å². The van der Waals surface area contributed by atoms with Crippen molar-refractivity contribution in [2.45, 2.75) is 103 Å². The van der Waals surface area contributed by atoms with Gasteiger partial charge in [0.05, 0.1) is 38.6 Å². The molecule has 6 atom stereocenters. The number of hydrogen-bond acceptors (Lipinski definition) is 6. The zero-order valence-corrected chi connectivity index (χ0v) is 23.5. The highest BCUT2D eigenvalue weighted by Gasteiger charge is 2.38. The summed E-state index contributed by atoms with van der Waals surface area (Å²) < 4.78 is 23.8. The minimum atomic E-state index is -1.91. The Morgan fingerprint density at radius 2 is 1.74 bits per heavy atom. The van der Waals surface area contributed by atoms with E-state index >= 15 is 0 Å². The number of rotatable bonds is 12. The van der Waals surface area contributed by atoms with Crippen molar-refractivity contribution >= 4 is 8.32 Å². The standard InChI is InChI=1S/C27H48O6Si/c1-9-20-17-31-26(21-11-14-24(30-6)15-12-21)33-25(20)19(2)10-13-22(28)16-23(29)18-32-34(7,8)27(3,4)5/h11-12,14-15,19-20,22-23,25-26,28-29H,9-10,13,16-18H2,1-8H3/t19-,20-,22-,23+,25-,26?/m1/s1. The van der Waals surface area contributed by atoms with Crippen molar-refractivity contribution < 1.29 is 28.8 Å². The van der Waals surface area contributed by atoms with Gasteiger partial charge in [0.1, 0.15) is 5.75 Å². The van der Waals surface area contributed by atoms with E-state index in [1.165, 1.54) is 0 Å². The molecule has 2 rings (SSSR count). The van der Waals surface area contributed by atoms with Crippen LogP contribution in [0.25, 0.3) is 0 Å². The molecule has 0 bridgehead atoms. The van der Waals surface area contributed by atoms with E-state index in [2.05, 4.69) is 47.7 Å². The molecular formula is C27H48O6Si. The first-order chi connectivity index (χ1) is 15.9. The van der Waals surface area contributed by atoms with E-state index in [1.54, 1.807) is 7.11 Å². The molecule has 1 aromatic carbocycles. The monoisotopic (exact) mass is 496 g/mol. The molecule has 196 valence electrons. The van der Waals surface area contributed by atoms with Gasteiger partial charge >= 0.3 is 0 Å². The van der Waals surface area contributed by atoms with E-state index < -0.39 is 20.5 Å². The summed E-state index contributed by atoms with van der Waals surface area (Å²) in [5, 5.41) is 21.1. The van der Waals surface area contributed by atoms with E-state index in [-0.39, 0.29) is 30.0 Å². The summed E-state index contributed by atoms with van der Waals surface area (Å²) in [7, 11) is -0.253. The molecule has 2 N–H and O–H groups in total. The van der Waals surface area contributed by atoms with Crippen LogP contribution < -0.4 is 4.74 Å². The molecule has 0 radical (unpaired) electrons. The molecule has 0 amide bonds. The van der Waals surface area contributed by atoms with Gasteiger partial charge in [0, 0.05) is 17.9 Å². The van der Waals surface area contributed by atoms with Crippen LogP contribution in [-0.4, -0.2) is 57.2 Å². The average molecular weight is 497 g/mol. The van der Waals surface area contributed by atoms with Gasteiger partial charge < -0.3 is 28.8 Å². The maximum Gasteiger partial charge on any atom is 0.192 e. The van der Waals surface area contributed by atoms with E-state index in [1.807, 2.05) is 24.3 Å². The fourth-order valence-electron chi connectivity index (χ4n) is 4.12. The summed E-state index contributed by atoms with van der Waals surface area (Å²) >= 11 is 0. The second-order valence-electron chi connectivity index (χ2n) is 11.4. The number of hydrogen-bond donors (Lipinski definition) is 2. The third-order valence-corrected chi connectivity index (χ3v) is 12.1. The maximum absolute atomic E-state index is 10.6. The molecule has 0 saturated carbocycles. The highest BCUT2D eigenvalue weighted by Crippen LogP contribution is 2.37. The minimum Gasteiger partial charge on any atom is -0.497 e. The van der Waals surface area contributed by atoms with Gasteiger partial charge in [-0.05, 0) is 55.4 Å². The molecular weight excluding hydrogens is 448 g/mol. The largest absolute Gasteiger partial charge is 0.497 e. The average Bonchev–Trinajstić information content (AvgIpc) is 2.80. The van der Waals surface area contributed by atoms with Crippen LogP contribution in [-0.2, 0) is 13.9 Å². The number of aliphatic hydroxyl groups excluding tert-OH is 2. The van der Waals surface area contributed by atoms with Crippen molar-refractivity contribution in [1.29, 1.82) is 0 Å². The molecule has 1 unspecified atom stereocenters. The van der Waals surface area contributed by atoms with Crippen LogP contribution in [0.3, 0.4) is 0 Å².